The molecule has 8 nitrogen and oxygen atoms in total. The molecular formula is C28H32N4O4. The second kappa shape index (κ2) is 10.0. The van der Waals surface area contributed by atoms with Crippen LogP contribution in [0.5, 0.6) is 0 Å². The van der Waals surface area contributed by atoms with Crippen LogP contribution in [-0.2, 0) is 9.53 Å². The summed E-state index contributed by atoms with van der Waals surface area (Å²) in [5.74, 6) is -0.408. The van der Waals surface area contributed by atoms with Gasteiger partial charge in [-0.2, -0.15) is 0 Å². The van der Waals surface area contributed by atoms with Gasteiger partial charge in [-0.1, -0.05) is 18.2 Å². The largest absolute Gasteiger partial charge is 0.465 e. The summed E-state index contributed by atoms with van der Waals surface area (Å²) in [6.07, 6.45) is 3.40. The molecule has 8 heteroatoms. The number of amides is 2. The van der Waals surface area contributed by atoms with Crippen molar-refractivity contribution in [1.29, 1.82) is 0 Å². The molecule has 0 radical (unpaired) electrons. The van der Waals surface area contributed by atoms with Crippen LogP contribution in [0.4, 0.5) is 5.69 Å². The van der Waals surface area contributed by atoms with Gasteiger partial charge in [0.25, 0.3) is 5.91 Å². The predicted octanol–water partition coefficient (Wildman–Crippen LogP) is 3.54. The minimum Gasteiger partial charge on any atom is -0.465 e. The quantitative estimate of drug-likeness (QED) is 0.568. The number of piperazine rings is 1. The fraction of sp³-hybridized carbons (Fsp3) is 0.393. The number of rotatable bonds is 4. The number of carbonyl (C=O) groups excluding carboxylic acids is 3. The molecule has 2 saturated heterocycles. The lowest BCUT2D eigenvalue weighted by Gasteiger charge is -2.43. The van der Waals surface area contributed by atoms with Gasteiger partial charge >= 0.3 is 5.97 Å². The van der Waals surface area contributed by atoms with E-state index in [2.05, 4.69) is 16.8 Å². The number of methoxy groups -OCH3 is 1. The number of piperidine rings is 1. The van der Waals surface area contributed by atoms with Gasteiger partial charge in [-0.15, -0.1) is 0 Å². The van der Waals surface area contributed by atoms with E-state index >= 15 is 0 Å². The van der Waals surface area contributed by atoms with Gasteiger partial charge < -0.3 is 24.4 Å². The molecule has 0 spiro atoms. The average Bonchev–Trinajstić information content (AvgIpc) is 3.36. The van der Waals surface area contributed by atoms with Crippen molar-refractivity contribution in [2.24, 2.45) is 5.92 Å². The van der Waals surface area contributed by atoms with Crippen molar-refractivity contribution in [2.45, 2.75) is 25.8 Å². The normalized spacial score (nSPS) is 20.4. The Hall–Kier alpha value is -3.81. The molecule has 3 heterocycles. The third kappa shape index (κ3) is 4.55. The first kappa shape index (κ1) is 23.9. The summed E-state index contributed by atoms with van der Waals surface area (Å²) in [6.45, 7) is 5.27. The van der Waals surface area contributed by atoms with Gasteiger partial charge in [0, 0.05) is 61.6 Å². The van der Waals surface area contributed by atoms with Crippen LogP contribution < -0.4 is 4.90 Å². The maximum atomic E-state index is 13.5. The third-order valence-electron chi connectivity index (χ3n) is 7.44. The lowest BCUT2D eigenvalue weighted by molar-refractivity contribution is -0.139. The van der Waals surface area contributed by atoms with E-state index in [-0.39, 0.29) is 29.7 Å². The highest BCUT2D eigenvalue weighted by atomic mass is 16.5. The van der Waals surface area contributed by atoms with E-state index < -0.39 is 0 Å². The van der Waals surface area contributed by atoms with Crippen LogP contribution in [0.3, 0.4) is 0 Å². The van der Waals surface area contributed by atoms with Gasteiger partial charge in [-0.3, -0.25) is 9.59 Å². The molecule has 0 saturated carbocycles. The number of H-pyrrole nitrogens is 1. The summed E-state index contributed by atoms with van der Waals surface area (Å²) in [5, 5.41) is 0.917. The Morgan fingerprint density at radius 2 is 1.75 bits per heavy atom. The summed E-state index contributed by atoms with van der Waals surface area (Å²) in [4.78, 5) is 47.8. The lowest BCUT2D eigenvalue weighted by atomic mass is 9.94. The minimum atomic E-state index is -0.352. The fourth-order valence-electron chi connectivity index (χ4n) is 5.46. The van der Waals surface area contributed by atoms with Crippen LogP contribution >= 0.6 is 0 Å². The Morgan fingerprint density at radius 3 is 2.50 bits per heavy atom. The number of likely N-dealkylation sites (tertiary alicyclic amines) is 1. The molecule has 2 fully saturated rings. The molecule has 0 aliphatic carbocycles. The molecule has 1 N–H and O–H groups in total. The van der Waals surface area contributed by atoms with Gasteiger partial charge in [0.2, 0.25) is 5.91 Å². The monoisotopic (exact) mass is 488 g/mol. The Bertz CT molecular complexity index is 1270. The van der Waals surface area contributed by atoms with Gasteiger partial charge in [0.05, 0.1) is 24.2 Å². The topological polar surface area (TPSA) is 85.9 Å². The van der Waals surface area contributed by atoms with E-state index in [1.54, 1.807) is 18.3 Å². The highest BCUT2D eigenvalue weighted by molar-refractivity contribution is 6.06. The van der Waals surface area contributed by atoms with Gasteiger partial charge in [-0.05, 0) is 50.1 Å². The zero-order chi connectivity index (χ0) is 25.2. The Kier molecular flexibility index (Phi) is 6.67. The van der Waals surface area contributed by atoms with E-state index in [4.69, 9.17) is 4.74 Å². The summed E-state index contributed by atoms with van der Waals surface area (Å²) in [7, 11) is 1.37. The highest BCUT2D eigenvalue weighted by Gasteiger charge is 2.35. The molecule has 2 aliphatic heterocycles. The van der Waals surface area contributed by atoms with E-state index in [0.717, 1.165) is 36.0 Å². The van der Waals surface area contributed by atoms with Gasteiger partial charge in [-0.25, -0.2) is 4.79 Å². The van der Waals surface area contributed by atoms with Crippen LogP contribution in [0.25, 0.3) is 10.9 Å². The summed E-state index contributed by atoms with van der Waals surface area (Å²) >= 11 is 0. The highest BCUT2D eigenvalue weighted by Crippen LogP contribution is 2.27. The number of hydrogen-bond acceptors (Lipinski definition) is 5. The van der Waals surface area contributed by atoms with Crippen molar-refractivity contribution in [1.82, 2.24) is 14.8 Å². The third-order valence-corrected chi connectivity index (χ3v) is 7.44. The van der Waals surface area contributed by atoms with Crippen LogP contribution in [0.2, 0.25) is 0 Å². The predicted molar refractivity (Wildman–Crippen MR) is 138 cm³/mol. The van der Waals surface area contributed by atoms with Crippen molar-refractivity contribution in [3.8, 4) is 0 Å². The molecule has 188 valence electrons. The van der Waals surface area contributed by atoms with Crippen LogP contribution in [0, 0.1) is 5.92 Å². The summed E-state index contributed by atoms with van der Waals surface area (Å²) in [6, 6.07) is 15.2. The molecular weight excluding hydrogens is 456 g/mol. The molecule has 0 bridgehead atoms. The number of fused-ring (bicyclic) bond motifs is 1. The number of nitrogens with zero attached hydrogens (tertiary/aromatic N) is 3. The number of para-hydroxylation sites is 1. The first-order valence-electron chi connectivity index (χ1n) is 12.6. The molecule has 3 aromatic rings. The van der Waals surface area contributed by atoms with Crippen LogP contribution in [0.15, 0.2) is 54.7 Å². The molecule has 2 aromatic carbocycles. The number of ether oxygens (including phenoxy) is 1. The van der Waals surface area contributed by atoms with Crippen molar-refractivity contribution in [2.75, 3.05) is 44.7 Å². The number of anilines is 1. The number of esters is 1. The first-order chi connectivity index (χ1) is 17.5. The van der Waals surface area contributed by atoms with E-state index in [9.17, 15) is 14.4 Å². The number of benzene rings is 2. The first-order valence-corrected chi connectivity index (χ1v) is 12.6. The van der Waals surface area contributed by atoms with Crippen molar-refractivity contribution in [3.05, 3.63) is 65.9 Å². The molecule has 2 atom stereocenters. The Morgan fingerprint density at radius 1 is 0.972 bits per heavy atom. The molecule has 2 aliphatic rings. The molecule has 5 rings (SSSR count). The van der Waals surface area contributed by atoms with E-state index in [1.165, 1.54) is 7.11 Å². The maximum absolute atomic E-state index is 13.5. The van der Waals surface area contributed by atoms with Crippen molar-refractivity contribution < 1.29 is 19.1 Å². The molecule has 2 amide bonds. The number of hydrogen-bond donors (Lipinski definition) is 1. The van der Waals surface area contributed by atoms with E-state index in [1.807, 2.05) is 46.2 Å². The second-order valence-electron chi connectivity index (χ2n) is 9.70. The van der Waals surface area contributed by atoms with Gasteiger partial charge in [0.1, 0.15) is 0 Å². The molecule has 2 unspecified atom stereocenters. The number of nitrogens with one attached hydrogen (secondary N) is 1. The minimum absolute atomic E-state index is 0.0155. The van der Waals surface area contributed by atoms with Gasteiger partial charge in [0.15, 0.2) is 0 Å². The smallest absolute Gasteiger partial charge is 0.337 e. The molecule has 1 aromatic heterocycles. The van der Waals surface area contributed by atoms with Crippen LogP contribution in [-0.4, -0.2) is 78.4 Å². The summed E-state index contributed by atoms with van der Waals surface area (Å²) in [5.41, 5.74) is 3.15. The number of carbonyl (C=O) groups is 3. The zero-order valence-electron chi connectivity index (χ0n) is 20.8. The SMILES string of the molecule is COC(=O)c1ccc(N2CCN(C(=O)C3CCCN(C(=O)c4c[nH]c5ccccc45)C3)C(C)C2)cc1. The lowest BCUT2D eigenvalue weighted by Crippen LogP contribution is -2.57. The summed E-state index contributed by atoms with van der Waals surface area (Å²) < 4.78 is 4.78. The molecule has 36 heavy (non-hydrogen) atoms. The van der Waals surface area contributed by atoms with Crippen molar-refractivity contribution in [3.63, 3.8) is 0 Å². The maximum Gasteiger partial charge on any atom is 0.337 e. The number of aromatic nitrogens is 1. The van der Waals surface area contributed by atoms with Crippen LogP contribution in [0.1, 0.15) is 40.5 Å². The average molecular weight is 489 g/mol. The fourth-order valence-corrected chi connectivity index (χ4v) is 5.46. The number of aromatic amines is 1. The Labute approximate surface area is 210 Å². The van der Waals surface area contributed by atoms with Crippen molar-refractivity contribution >= 4 is 34.4 Å². The van der Waals surface area contributed by atoms with E-state index in [0.29, 0.717) is 37.3 Å². The second-order valence-corrected chi connectivity index (χ2v) is 9.70. The zero-order valence-corrected chi connectivity index (χ0v) is 20.8. The standard InChI is InChI=1S/C28H32N4O4/c1-19-17-30(22-11-9-20(10-12-22)28(35)36-2)14-15-32(19)26(33)21-6-5-13-31(18-21)27(34)24-16-29-25-8-4-3-7-23(24)25/h3-4,7-12,16,19,21,29H,5-6,13-15,17-18H2,1-2H3. The Balaban J connectivity index is 1.22.